The van der Waals surface area contributed by atoms with Crippen LogP contribution in [0.4, 0.5) is 0 Å². The average molecular weight is 302 g/mol. The molecule has 0 aliphatic heterocycles. The third kappa shape index (κ3) is 3.85. The van der Waals surface area contributed by atoms with E-state index in [0.29, 0.717) is 29.4 Å². The normalized spacial score (nSPS) is 16.8. The van der Waals surface area contributed by atoms with Crippen LogP contribution in [-0.2, 0) is 11.2 Å². The summed E-state index contributed by atoms with van der Waals surface area (Å²) in [6.45, 7) is 0.342. The van der Waals surface area contributed by atoms with E-state index in [-0.39, 0.29) is 5.91 Å². The smallest absolute Gasteiger partial charge is 0.220 e. The van der Waals surface area contributed by atoms with Crippen molar-refractivity contribution >= 4 is 29.1 Å². The van der Waals surface area contributed by atoms with Crippen LogP contribution in [0.2, 0.25) is 10.0 Å². The fraction of sp³-hybridized carbons (Fsp3) is 0.500. The molecule has 0 atom stereocenters. The molecule has 2 N–H and O–H groups in total. The summed E-state index contributed by atoms with van der Waals surface area (Å²) in [5.74, 6) is -0.0728. The highest BCUT2D eigenvalue weighted by Crippen LogP contribution is 2.30. The van der Waals surface area contributed by atoms with E-state index in [2.05, 4.69) is 5.32 Å². The molecular formula is C14H17Cl2NO2. The molecule has 2 rings (SSSR count). The number of aryl methyl sites for hydroxylation is 1. The van der Waals surface area contributed by atoms with Gasteiger partial charge in [-0.25, -0.2) is 0 Å². The van der Waals surface area contributed by atoms with Crippen molar-refractivity contribution < 1.29 is 9.90 Å². The van der Waals surface area contributed by atoms with Crippen LogP contribution in [0.1, 0.15) is 31.2 Å². The molecule has 1 fully saturated rings. The lowest BCUT2D eigenvalue weighted by Gasteiger charge is -2.36. The molecule has 1 aromatic carbocycles. The van der Waals surface area contributed by atoms with Crippen molar-refractivity contribution in [2.75, 3.05) is 6.54 Å². The summed E-state index contributed by atoms with van der Waals surface area (Å²) in [5, 5.41) is 13.6. The molecule has 3 nitrogen and oxygen atoms in total. The van der Waals surface area contributed by atoms with Crippen molar-refractivity contribution in [3.63, 3.8) is 0 Å². The van der Waals surface area contributed by atoms with Gasteiger partial charge in [-0.2, -0.15) is 0 Å². The molecule has 1 aliphatic rings. The van der Waals surface area contributed by atoms with Crippen molar-refractivity contribution in [1.82, 2.24) is 5.32 Å². The standard InChI is InChI=1S/C14H17Cl2NO2/c15-11-4-1-3-10(13(11)16)5-6-12(18)17-9-14(19)7-2-8-14/h1,3-4,19H,2,5-9H2,(H,17,18). The van der Waals surface area contributed by atoms with E-state index >= 15 is 0 Å². The highest BCUT2D eigenvalue weighted by Gasteiger charge is 2.34. The monoisotopic (exact) mass is 301 g/mol. The highest BCUT2D eigenvalue weighted by atomic mass is 35.5. The predicted molar refractivity (Wildman–Crippen MR) is 76.6 cm³/mol. The number of carbonyl (C=O) groups is 1. The van der Waals surface area contributed by atoms with Crippen LogP contribution in [0.25, 0.3) is 0 Å². The van der Waals surface area contributed by atoms with E-state index in [1.165, 1.54) is 0 Å². The van der Waals surface area contributed by atoms with Gasteiger partial charge in [0.1, 0.15) is 0 Å². The quantitative estimate of drug-likeness (QED) is 0.878. The first-order valence-electron chi connectivity index (χ1n) is 6.42. The Morgan fingerprint density at radius 1 is 1.37 bits per heavy atom. The molecule has 0 radical (unpaired) electrons. The molecular weight excluding hydrogens is 285 g/mol. The fourth-order valence-electron chi connectivity index (χ4n) is 2.10. The lowest BCUT2D eigenvalue weighted by Crippen LogP contribution is -2.47. The molecule has 104 valence electrons. The lowest BCUT2D eigenvalue weighted by atomic mass is 9.80. The Labute approximate surface area is 122 Å². The second-order valence-corrected chi connectivity index (χ2v) is 5.85. The number of aliphatic hydroxyl groups is 1. The Bertz CT molecular complexity index is 473. The summed E-state index contributed by atoms with van der Waals surface area (Å²) in [4.78, 5) is 11.7. The van der Waals surface area contributed by atoms with Gasteiger partial charge < -0.3 is 10.4 Å². The number of carbonyl (C=O) groups excluding carboxylic acids is 1. The topological polar surface area (TPSA) is 49.3 Å². The number of hydrogen-bond donors (Lipinski definition) is 2. The summed E-state index contributed by atoms with van der Waals surface area (Å²) in [7, 11) is 0. The maximum Gasteiger partial charge on any atom is 0.220 e. The molecule has 1 aromatic rings. The lowest BCUT2D eigenvalue weighted by molar-refractivity contribution is -0.123. The van der Waals surface area contributed by atoms with Gasteiger partial charge in [-0.15, -0.1) is 0 Å². The predicted octanol–water partition coefficient (Wildman–Crippen LogP) is 2.96. The Morgan fingerprint density at radius 3 is 2.74 bits per heavy atom. The van der Waals surface area contributed by atoms with Crippen LogP contribution in [0.3, 0.4) is 0 Å². The van der Waals surface area contributed by atoms with Gasteiger partial charge in [0, 0.05) is 13.0 Å². The van der Waals surface area contributed by atoms with E-state index in [9.17, 15) is 9.90 Å². The van der Waals surface area contributed by atoms with E-state index in [4.69, 9.17) is 23.2 Å². The van der Waals surface area contributed by atoms with Crippen LogP contribution in [0.15, 0.2) is 18.2 Å². The zero-order valence-electron chi connectivity index (χ0n) is 10.6. The summed E-state index contributed by atoms with van der Waals surface area (Å²) in [6.07, 6.45) is 3.46. The number of halogens is 2. The zero-order valence-corrected chi connectivity index (χ0v) is 12.1. The largest absolute Gasteiger partial charge is 0.388 e. The van der Waals surface area contributed by atoms with E-state index < -0.39 is 5.60 Å². The molecule has 1 amide bonds. The number of rotatable bonds is 5. The minimum absolute atomic E-state index is 0.0728. The summed E-state index contributed by atoms with van der Waals surface area (Å²) < 4.78 is 0. The third-order valence-corrected chi connectivity index (χ3v) is 4.41. The van der Waals surface area contributed by atoms with Crippen LogP contribution in [-0.4, -0.2) is 23.2 Å². The molecule has 0 heterocycles. The van der Waals surface area contributed by atoms with Crippen molar-refractivity contribution in [3.05, 3.63) is 33.8 Å². The third-order valence-electron chi connectivity index (χ3n) is 3.55. The average Bonchev–Trinajstić information content (AvgIpc) is 2.36. The van der Waals surface area contributed by atoms with Crippen LogP contribution < -0.4 is 5.32 Å². The Morgan fingerprint density at radius 2 is 2.11 bits per heavy atom. The van der Waals surface area contributed by atoms with Crippen molar-refractivity contribution in [1.29, 1.82) is 0 Å². The number of hydrogen-bond acceptors (Lipinski definition) is 2. The first kappa shape index (κ1) is 14.6. The van der Waals surface area contributed by atoms with E-state index in [0.717, 1.165) is 24.8 Å². The Kier molecular flexibility index (Phi) is 4.71. The molecule has 1 aliphatic carbocycles. The second-order valence-electron chi connectivity index (χ2n) is 5.07. The number of nitrogens with one attached hydrogen (secondary N) is 1. The SMILES string of the molecule is O=C(CCc1cccc(Cl)c1Cl)NCC1(O)CCC1. The number of benzene rings is 1. The van der Waals surface area contributed by atoms with Gasteiger partial charge in [-0.1, -0.05) is 35.3 Å². The maximum absolute atomic E-state index is 11.7. The van der Waals surface area contributed by atoms with Gasteiger partial charge in [0.15, 0.2) is 0 Å². The van der Waals surface area contributed by atoms with Gasteiger partial charge in [0.05, 0.1) is 15.6 Å². The van der Waals surface area contributed by atoms with Crippen LogP contribution in [0, 0.1) is 0 Å². The summed E-state index contributed by atoms with van der Waals surface area (Å²) in [6, 6.07) is 5.40. The summed E-state index contributed by atoms with van der Waals surface area (Å²) >= 11 is 12.0. The van der Waals surface area contributed by atoms with Crippen molar-refractivity contribution in [3.8, 4) is 0 Å². The Hall–Kier alpha value is -0.770. The first-order chi connectivity index (χ1) is 9.00. The van der Waals surface area contributed by atoms with Gasteiger partial charge in [0.2, 0.25) is 5.91 Å². The second kappa shape index (κ2) is 6.12. The van der Waals surface area contributed by atoms with Crippen molar-refractivity contribution in [2.24, 2.45) is 0 Å². The minimum atomic E-state index is -0.677. The van der Waals surface area contributed by atoms with E-state index in [1.807, 2.05) is 12.1 Å². The highest BCUT2D eigenvalue weighted by molar-refractivity contribution is 6.42. The van der Waals surface area contributed by atoms with E-state index in [1.54, 1.807) is 6.07 Å². The first-order valence-corrected chi connectivity index (χ1v) is 7.18. The molecule has 0 saturated heterocycles. The summed E-state index contributed by atoms with van der Waals surface area (Å²) in [5.41, 5.74) is 0.190. The minimum Gasteiger partial charge on any atom is -0.388 e. The van der Waals surface area contributed by atoms with Crippen LogP contribution in [0.5, 0.6) is 0 Å². The van der Waals surface area contributed by atoms with Gasteiger partial charge in [-0.05, 0) is 37.3 Å². The number of amides is 1. The van der Waals surface area contributed by atoms with Gasteiger partial charge >= 0.3 is 0 Å². The fourth-order valence-corrected chi connectivity index (χ4v) is 2.52. The molecule has 0 aromatic heterocycles. The molecule has 0 unspecified atom stereocenters. The maximum atomic E-state index is 11.7. The van der Waals surface area contributed by atoms with Crippen LogP contribution >= 0.6 is 23.2 Å². The van der Waals surface area contributed by atoms with Gasteiger partial charge in [-0.3, -0.25) is 4.79 Å². The Balaban J connectivity index is 1.78. The molecule has 19 heavy (non-hydrogen) atoms. The molecule has 0 spiro atoms. The molecule has 1 saturated carbocycles. The molecule has 5 heteroatoms. The molecule has 0 bridgehead atoms. The van der Waals surface area contributed by atoms with Crippen molar-refractivity contribution in [2.45, 2.75) is 37.7 Å². The van der Waals surface area contributed by atoms with Gasteiger partial charge in [0.25, 0.3) is 0 Å². The zero-order chi connectivity index (χ0) is 13.9.